The molecule has 5 heteroatoms. The molecule has 124 valence electrons. The minimum Gasteiger partial charge on any atom is -0.350 e. The van der Waals surface area contributed by atoms with Crippen molar-refractivity contribution in [2.75, 3.05) is 11.9 Å². The molecule has 0 radical (unpaired) electrons. The Morgan fingerprint density at radius 2 is 2.12 bits per heavy atom. The van der Waals surface area contributed by atoms with Crippen LogP contribution >= 0.6 is 0 Å². The van der Waals surface area contributed by atoms with Crippen molar-refractivity contribution in [1.29, 1.82) is 5.26 Å². The first kappa shape index (κ1) is 16.3. The van der Waals surface area contributed by atoms with Gasteiger partial charge in [-0.15, -0.1) is 0 Å². The normalized spacial score (nSPS) is 21.2. The summed E-state index contributed by atoms with van der Waals surface area (Å²) in [6.07, 6.45) is 4.31. The average molecular weight is 323 g/mol. The van der Waals surface area contributed by atoms with E-state index in [2.05, 4.69) is 41.3 Å². The maximum atomic E-state index is 12.7. The van der Waals surface area contributed by atoms with Gasteiger partial charge in [0.15, 0.2) is 6.04 Å². The molecule has 1 unspecified atom stereocenters. The molecule has 0 bridgehead atoms. The number of rotatable bonds is 4. The van der Waals surface area contributed by atoms with Gasteiger partial charge in [0.2, 0.25) is 0 Å². The van der Waals surface area contributed by atoms with Crippen molar-refractivity contribution in [2.45, 2.75) is 31.8 Å². The van der Waals surface area contributed by atoms with Crippen molar-refractivity contribution in [3.05, 3.63) is 53.9 Å². The number of nitrogens with one attached hydrogen (secondary N) is 2. The van der Waals surface area contributed by atoms with Crippen molar-refractivity contribution in [1.82, 2.24) is 4.57 Å². The average Bonchev–Trinajstić information content (AvgIpc) is 3.23. The Hall–Kier alpha value is -2.58. The molecule has 2 N–H and O–H groups in total. The lowest BCUT2D eigenvalue weighted by molar-refractivity contribution is -0.932. The van der Waals surface area contributed by atoms with E-state index in [1.165, 1.54) is 10.6 Å². The van der Waals surface area contributed by atoms with Crippen LogP contribution in [0.2, 0.25) is 0 Å². The van der Waals surface area contributed by atoms with Crippen molar-refractivity contribution < 1.29 is 9.69 Å². The molecule has 3 rings (SSSR count). The Bertz CT molecular complexity index is 756. The Balaban J connectivity index is 1.70. The zero-order valence-corrected chi connectivity index (χ0v) is 14.1. The third-order valence-electron chi connectivity index (χ3n) is 4.98. The predicted molar refractivity (Wildman–Crippen MR) is 92.5 cm³/mol. The molecule has 0 saturated carbocycles. The monoisotopic (exact) mass is 323 g/mol. The van der Waals surface area contributed by atoms with Gasteiger partial charge in [-0.05, 0) is 43.3 Å². The molecule has 1 aliphatic rings. The molecule has 1 aliphatic heterocycles. The SMILES string of the molecule is C[C@@H](C(=O)Nc1ccc(C#N)cc1)[NH+]1CCC[C@@H]1c1cccn1C. The van der Waals surface area contributed by atoms with E-state index in [1.807, 2.05) is 6.92 Å². The van der Waals surface area contributed by atoms with Crippen LogP contribution in [0.1, 0.15) is 37.1 Å². The molecule has 0 spiro atoms. The van der Waals surface area contributed by atoms with Gasteiger partial charge in [0.05, 0.1) is 23.9 Å². The van der Waals surface area contributed by atoms with Crippen LogP contribution in [0.3, 0.4) is 0 Å². The largest absolute Gasteiger partial charge is 0.350 e. The van der Waals surface area contributed by atoms with E-state index >= 15 is 0 Å². The third-order valence-corrected chi connectivity index (χ3v) is 4.98. The summed E-state index contributed by atoms with van der Waals surface area (Å²) in [5.74, 6) is 0.0239. The number of aryl methyl sites for hydroxylation is 1. The van der Waals surface area contributed by atoms with Crippen molar-refractivity contribution in [2.24, 2.45) is 7.05 Å². The highest BCUT2D eigenvalue weighted by molar-refractivity contribution is 5.93. The lowest BCUT2D eigenvalue weighted by atomic mass is 10.1. The molecule has 24 heavy (non-hydrogen) atoms. The van der Waals surface area contributed by atoms with Gasteiger partial charge in [0, 0.05) is 31.8 Å². The summed E-state index contributed by atoms with van der Waals surface area (Å²) in [5.41, 5.74) is 2.62. The molecule has 1 saturated heterocycles. The maximum Gasteiger partial charge on any atom is 0.282 e. The van der Waals surface area contributed by atoms with Crippen LogP contribution in [0.4, 0.5) is 5.69 Å². The minimum atomic E-state index is -0.122. The number of hydrogen-bond acceptors (Lipinski definition) is 2. The molecular weight excluding hydrogens is 300 g/mol. The van der Waals surface area contributed by atoms with Gasteiger partial charge in [0.25, 0.3) is 5.91 Å². The van der Waals surface area contributed by atoms with Gasteiger partial charge in [-0.25, -0.2) is 0 Å². The Labute approximate surface area is 142 Å². The van der Waals surface area contributed by atoms with Crippen LogP contribution in [0, 0.1) is 11.3 Å². The number of aromatic nitrogens is 1. The molecule has 2 heterocycles. The lowest BCUT2D eigenvalue weighted by Crippen LogP contribution is -3.15. The second-order valence-corrected chi connectivity index (χ2v) is 6.46. The van der Waals surface area contributed by atoms with E-state index in [9.17, 15) is 4.79 Å². The predicted octanol–water partition coefficient (Wildman–Crippen LogP) is 1.64. The zero-order chi connectivity index (χ0) is 17.1. The Kier molecular flexibility index (Phi) is 4.68. The summed E-state index contributed by atoms with van der Waals surface area (Å²) in [5, 5.41) is 11.8. The number of carbonyl (C=O) groups is 1. The molecule has 2 aromatic rings. The summed E-state index contributed by atoms with van der Waals surface area (Å²) in [4.78, 5) is 14.0. The van der Waals surface area contributed by atoms with Gasteiger partial charge >= 0.3 is 0 Å². The fourth-order valence-electron chi connectivity index (χ4n) is 3.61. The summed E-state index contributed by atoms with van der Waals surface area (Å²) in [6, 6.07) is 13.5. The van der Waals surface area contributed by atoms with Crippen LogP contribution in [0.15, 0.2) is 42.6 Å². The molecule has 5 nitrogen and oxygen atoms in total. The number of amides is 1. The highest BCUT2D eigenvalue weighted by Crippen LogP contribution is 2.20. The third kappa shape index (κ3) is 3.19. The van der Waals surface area contributed by atoms with E-state index in [0.717, 1.165) is 25.1 Å². The number of carbonyl (C=O) groups excluding carboxylic acids is 1. The van der Waals surface area contributed by atoms with Gasteiger partial charge in [-0.1, -0.05) is 0 Å². The molecule has 0 aliphatic carbocycles. The van der Waals surface area contributed by atoms with Gasteiger partial charge in [-0.2, -0.15) is 5.26 Å². The summed E-state index contributed by atoms with van der Waals surface area (Å²) in [6.45, 7) is 3.01. The summed E-state index contributed by atoms with van der Waals surface area (Å²) < 4.78 is 2.15. The topological polar surface area (TPSA) is 62.3 Å². The van der Waals surface area contributed by atoms with Crippen LogP contribution in [-0.4, -0.2) is 23.1 Å². The number of hydrogen-bond donors (Lipinski definition) is 2. The van der Waals surface area contributed by atoms with Crippen LogP contribution in [-0.2, 0) is 11.8 Å². The summed E-state index contributed by atoms with van der Waals surface area (Å²) >= 11 is 0. The van der Waals surface area contributed by atoms with Crippen LogP contribution in [0.25, 0.3) is 0 Å². The number of likely N-dealkylation sites (tertiary alicyclic amines) is 1. The van der Waals surface area contributed by atoms with E-state index in [0.29, 0.717) is 11.6 Å². The zero-order valence-electron chi connectivity index (χ0n) is 14.1. The minimum absolute atomic E-state index is 0.0239. The maximum absolute atomic E-state index is 12.7. The second-order valence-electron chi connectivity index (χ2n) is 6.46. The first-order chi connectivity index (χ1) is 11.6. The highest BCUT2D eigenvalue weighted by atomic mass is 16.2. The van der Waals surface area contributed by atoms with E-state index in [-0.39, 0.29) is 11.9 Å². The lowest BCUT2D eigenvalue weighted by Gasteiger charge is -2.27. The fourth-order valence-corrected chi connectivity index (χ4v) is 3.61. The Morgan fingerprint density at radius 3 is 2.75 bits per heavy atom. The number of benzene rings is 1. The molecule has 1 amide bonds. The number of nitrogens with zero attached hydrogens (tertiary/aromatic N) is 2. The molecule has 1 aromatic heterocycles. The number of anilines is 1. The first-order valence-electron chi connectivity index (χ1n) is 8.38. The number of quaternary nitrogens is 1. The summed E-state index contributed by atoms with van der Waals surface area (Å²) in [7, 11) is 2.06. The molecular formula is C19H23N4O+. The van der Waals surface area contributed by atoms with E-state index in [1.54, 1.807) is 24.3 Å². The smallest absolute Gasteiger partial charge is 0.282 e. The van der Waals surface area contributed by atoms with E-state index in [4.69, 9.17) is 5.26 Å². The standard InChI is InChI=1S/C19H22N4O/c1-14(19(24)21-16-9-7-15(13-20)8-10-16)23-12-4-6-18(23)17-5-3-11-22(17)2/h3,5,7-11,14,18H,4,6,12H2,1-2H3,(H,21,24)/p+1/t14-,18+/m0/s1. The van der Waals surface area contributed by atoms with E-state index < -0.39 is 0 Å². The van der Waals surface area contributed by atoms with Crippen molar-refractivity contribution in [3.8, 4) is 6.07 Å². The molecule has 1 aromatic carbocycles. The van der Waals surface area contributed by atoms with Gasteiger partial charge in [0.1, 0.15) is 6.04 Å². The van der Waals surface area contributed by atoms with Gasteiger partial charge in [-0.3, -0.25) is 4.79 Å². The Morgan fingerprint density at radius 1 is 1.38 bits per heavy atom. The molecule has 3 atom stereocenters. The first-order valence-corrected chi connectivity index (χ1v) is 8.38. The quantitative estimate of drug-likeness (QED) is 0.898. The van der Waals surface area contributed by atoms with Crippen LogP contribution in [0.5, 0.6) is 0 Å². The number of nitriles is 1. The molecule has 1 fully saturated rings. The van der Waals surface area contributed by atoms with Crippen molar-refractivity contribution >= 4 is 11.6 Å². The second kappa shape index (κ2) is 6.90. The van der Waals surface area contributed by atoms with Gasteiger partial charge < -0.3 is 14.8 Å². The highest BCUT2D eigenvalue weighted by Gasteiger charge is 2.38. The van der Waals surface area contributed by atoms with Crippen LogP contribution < -0.4 is 10.2 Å². The fraction of sp³-hybridized carbons (Fsp3) is 0.368. The van der Waals surface area contributed by atoms with Crippen molar-refractivity contribution in [3.63, 3.8) is 0 Å².